The van der Waals surface area contributed by atoms with Gasteiger partial charge in [0.2, 0.25) is 0 Å². The molecule has 1 aromatic rings. The standard InChI is InChI=1S/C9H6ClF5N2O/c10-2-5-3(7(11)12)1-4(8(16)18)6(17-5)9(13,14)15/h1,7H,2H2,(H2,16,18). The van der Waals surface area contributed by atoms with Crippen molar-refractivity contribution in [2.75, 3.05) is 0 Å². The number of hydrogen-bond donors (Lipinski definition) is 1. The van der Waals surface area contributed by atoms with Gasteiger partial charge in [-0.1, -0.05) is 0 Å². The van der Waals surface area contributed by atoms with Gasteiger partial charge < -0.3 is 5.73 Å². The Balaban J connectivity index is 3.58. The van der Waals surface area contributed by atoms with Gasteiger partial charge in [-0.25, -0.2) is 13.8 Å². The lowest BCUT2D eigenvalue weighted by atomic mass is 10.1. The molecule has 100 valence electrons. The van der Waals surface area contributed by atoms with Crippen molar-refractivity contribution < 1.29 is 26.7 Å². The van der Waals surface area contributed by atoms with Crippen LogP contribution in [0.4, 0.5) is 22.0 Å². The first-order valence-corrected chi connectivity index (χ1v) is 4.96. The van der Waals surface area contributed by atoms with Crippen molar-refractivity contribution in [2.45, 2.75) is 18.5 Å². The topological polar surface area (TPSA) is 56.0 Å². The number of carbonyl (C=O) groups is 1. The van der Waals surface area contributed by atoms with Crippen LogP contribution in [0.2, 0.25) is 0 Å². The third-order valence-electron chi connectivity index (χ3n) is 2.03. The summed E-state index contributed by atoms with van der Waals surface area (Å²) in [5, 5.41) is 0. The molecular weight excluding hydrogens is 283 g/mol. The van der Waals surface area contributed by atoms with Gasteiger partial charge in [-0.05, 0) is 6.07 Å². The maximum Gasteiger partial charge on any atom is 0.434 e. The number of nitrogens with two attached hydrogens (primary N) is 1. The monoisotopic (exact) mass is 288 g/mol. The molecule has 0 aliphatic carbocycles. The number of hydrogen-bond acceptors (Lipinski definition) is 2. The predicted octanol–water partition coefficient (Wildman–Crippen LogP) is 2.88. The van der Waals surface area contributed by atoms with E-state index in [1.54, 1.807) is 0 Å². The highest BCUT2D eigenvalue weighted by molar-refractivity contribution is 6.17. The second-order valence-corrected chi connectivity index (χ2v) is 3.48. The van der Waals surface area contributed by atoms with E-state index in [4.69, 9.17) is 17.3 Å². The lowest BCUT2D eigenvalue weighted by Crippen LogP contribution is -2.22. The number of nitrogens with zero attached hydrogens (tertiary/aromatic N) is 1. The SMILES string of the molecule is NC(=O)c1cc(C(F)F)c(CCl)nc1C(F)(F)F. The van der Waals surface area contributed by atoms with Crippen molar-refractivity contribution in [1.82, 2.24) is 4.98 Å². The number of halogens is 6. The molecule has 1 rings (SSSR count). The first-order valence-electron chi connectivity index (χ1n) is 4.43. The highest BCUT2D eigenvalue weighted by Crippen LogP contribution is 2.34. The molecule has 0 saturated carbocycles. The molecule has 2 N–H and O–H groups in total. The molecule has 1 amide bonds. The van der Waals surface area contributed by atoms with Gasteiger partial charge in [0.15, 0.2) is 5.69 Å². The summed E-state index contributed by atoms with van der Waals surface area (Å²) < 4.78 is 62.8. The maximum atomic E-state index is 12.6. The van der Waals surface area contributed by atoms with E-state index < -0.39 is 46.9 Å². The minimum atomic E-state index is -4.98. The van der Waals surface area contributed by atoms with Crippen LogP contribution in [0.15, 0.2) is 6.07 Å². The molecule has 0 saturated heterocycles. The number of rotatable bonds is 3. The lowest BCUT2D eigenvalue weighted by Gasteiger charge is -2.14. The summed E-state index contributed by atoms with van der Waals surface area (Å²) in [6, 6.07) is 0.376. The minimum absolute atomic E-state index is 0.376. The molecule has 9 heteroatoms. The van der Waals surface area contributed by atoms with Crippen LogP contribution in [0.3, 0.4) is 0 Å². The van der Waals surface area contributed by atoms with Crippen molar-refractivity contribution in [1.29, 1.82) is 0 Å². The smallest absolute Gasteiger partial charge is 0.366 e. The quantitative estimate of drug-likeness (QED) is 0.687. The molecule has 0 spiro atoms. The Hall–Kier alpha value is -1.44. The molecule has 0 fully saturated rings. The highest BCUT2D eigenvalue weighted by atomic mass is 35.5. The number of alkyl halides is 6. The number of carbonyl (C=O) groups excluding carboxylic acids is 1. The molecule has 0 unspecified atom stereocenters. The van der Waals surface area contributed by atoms with Crippen molar-refractivity contribution in [3.8, 4) is 0 Å². The summed E-state index contributed by atoms with van der Waals surface area (Å²) in [5.41, 5.74) is 0.518. The molecule has 3 nitrogen and oxygen atoms in total. The first kappa shape index (κ1) is 14.6. The molecule has 1 aromatic heterocycles. The molecule has 0 atom stereocenters. The van der Waals surface area contributed by atoms with E-state index in [-0.39, 0.29) is 0 Å². The third-order valence-corrected chi connectivity index (χ3v) is 2.28. The normalized spacial score (nSPS) is 11.9. The fourth-order valence-corrected chi connectivity index (χ4v) is 1.48. The molecule has 0 aromatic carbocycles. The zero-order valence-corrected chi connectivity index (χ0v) is 9.32. The number of primary amides is 1. The van der Waals surface area contributed by atoms with Crippen LogP contribution in [-0.4, -0.2) is 10.9 Å². The van der Waals surface area contributed by atoms with Crippen LogP contribution in [0, 0.1) is 0 Å². The van der Waals surface area contributed by atoms with Crippen molar-refractivity contribution in [3.63, 3.8) is 0 Å². The van der Waals surface area contributed by atoms with Crippen LogP contribution in [0.5, 0.6) is 0 Å². The van der Waals surface area contributed by atoms with E-state index in [0.29, 0.717) is 6.07 Å². The van der Waals surface area contributed by atoms with E-state index in [0.717, 1.165) is 0 Å². The van der Waals surface area contributed by atoms with Gasteiger partial charge in [0.25, 0.3) is 12.3 Å². The zero-order chi connectivity index (χ0) is 14.1. The Bertz CT molecular complexity index is 475. The highest BCUT2D eigenvalue weighted by Gasteiger charge is 2.38. The molecule has 0 aliphatic rings. The summed E-state index contributed by atoms with van der Waals surface area (Å²) in [6.45, 7) is 0. The fraction of sp³-hybridized carbons (Fsp3) is 0.333. The second-order valence-electron chi connectivity index (χ2n) is 3.22. The van der Waals surface area contributed by atoms with E-state index in [1.807, 2.05) is 0 Å². The van der Waals surface area contributed by atoms with Gasteiger partial charge in [0.05, 0.1) is 17.1 Å². The largest absolute Gasteiger partial charge is 0.434 e. The molecule has 0 radical (unpaired) electrons. The van der Waals surface area contributed by atoms with E-state index in [1.165, 1.54) is 0 Å². The second kappa shape index (κ2) is 5.05. The number of pyridine rings is 1. The molecule has 0 bridgehead atoms. The van der Waals surface area contributed by atoms with Crippen LogP contribution >= 0.6 is 11.6 Å². The minimum Gasteiger partial charge on any atom is -0.366 e. The summed E-state index contributed by atoms with van der Waals surface area (Å²) in [5.74, 6) is -2.13. The predicted molar refractivity (Wildman–Crippen MR) is 52.3 cm³/mol. The summed E-state index contributed by atoms with van der Waals surface area (Å²) in [7, 11) is 0. The summed E-state index contributed by atoms with van der Waals surface area (Å²) >= 11 is 5.25. The van der Waals surface area contributed by atoms with Crippen molar-refractivity contribution in [2.24, 2.45) is 5.73 Å². The Morgan fingerprint density at radius 1 is 1.44 bits per heavy atom. The number of aromatic nitrogens is 1. The van der Waals surface area contributed by atoms with Crippen molar-refractivity contribution >= 4 is 17.5 Å². The Kier molecular flexibility index (Phi) is 4.10. The van der Waals surface area contributed by atoms with Crippen LogP contribution in [-0.2, 0) is 12.1 Å². The zero-order valence-electron chi connectivity index (χ0n) is 8.56. The Morgan fingerprint density at radius 2 is 2.00 bits per heavy atom. The van der Waals surface area contributed by atoms with Crippen LogP contribution < -0.4 is 5.73 Å². The van der Waals surface area contributed by atoms with Crippen LogP contribution in [0.25, 0.3) is 0 Å². The van der Waals surface area contributed by atoms with Gasteiger partial charge in [0, 0.05) is 5.56 Å². The Labute approximate surface area is 103 Å². The molecular formula is C9H6ClF5N2O. The van der Waals surface area contributed by atoms with Gasteiger partial charge in [0.1, 0.15) is 0 Å². The van der Waals surface area contributed by atoms with Gasteiger partial charge in [-0.3, -0.25) is 4.79 Å². The Morgan fingerprint density at radius 3 is 2.33 bits per heavy atom. The number of amides is 1. The maximum absolute atomic E-state index is 12.6. The third kappa shape index (κ3) is 2.87. The van der Waals surface area contributed by atoms with Crippen molar-refractivity contribution in [3.05, 3.63) is 28.6 Å². The fourth-order valence-electron chi connectivity index (χ4n) is 1.27. The lowest BCUT2D eigenvalue weighted by molar-refractivity contribution is -0.141. The van der Waals surface area contributed by atoms with Gasteiger partial charge in [-0.2, -0.15) is 13.2 Å². The van der Waals surface area contributed by atoms with Crippen LogP contribution in [0.1, 0.15) is 33.7 Å². The first-order chi connectivity index (χ1) is 8.18. The molecule has 18 heavy (non-hydrogen) atoms. The van der Waals surface area contributed by atoms with Gasteiger partial charge in [-0.15, -0.1) is 11.6 Å². The van der Waals surface area contributed by atoms with Gasteiger partial charge >= 0.3 is 6.18 Å². The molecule has 0 aliphatic heterocycles. The summed E-state index contributed by atoms with van der Waals surface area (Å²) in [4.78, 5) is 13.8. The van der Waals surface area contributed by atoms with E-state index in [9.17, 15) is 26.7 Å². The van der Waals surface area contributed by atoms with E-state index >= 15 is 0 Å². The molecule has 1 heterocycles. The van der Waals surface area contributed by atoms with E-state index in [2.05, 4.69) is 4.98 Å². The summed E-state index contributed by atoms with van der Waals surface area (Å²) in [6.07, 6.45) is -8.09. The average molecular weight is 289 g/mol. The average Bonchev–Trinajstić information content (AvgIpc) is 2.25.